The van der Waals surface area contributed by atoms with Crippen LogP contribution >= 0.6 is 0 Å². The van der Waals surface area contributed by atoms with E-state index < -0.39 is 0 Å². The smallest absolute Gasteiger partial charge is 0.223 e. The zero-order chi connectivity index (χ0) is 14.1. The molecule has 2 aliphatic heterocycles. The van der Waals surface area contributed by atoms with Crippen LogP contribution in [0, 0.1) is 19.8 Å². The average Bonchev–Trinajstić information content (AvgIpc) is 2.46. The number of nitrogens with zero attached hydrogens (tertiary/aromatic N) is 1. The molecule has 2 unspecified atom stereocenters. The standard InChI is InChI=1S/C17H24N2O/c1-12-3-4-13(2)15(9-12)11-19-16-7-8-18-10-14(16)5-6-17(19)20/h3-4,9,14,16,18H,5-8,10-11H2,1-2H3. The first-order chi connectivity index (χ1) is 9.65. The molecule has 1 aromatic carbocycles. The van der Waals surface area contributed by atoms with Gasteiger partial charge in [-0.2, -0.15) is 0 Å². The normalized spacial score (nSPS) is 26.5. The van der Waals surface area contributed by atoms with Crippen LogP contribution in [0.3, 0.4) is 0 Å². The first-order valence-corrected chi connectivity index (χ1v) is 7.71. The lowest BCUT2D eigenvalue weighted by molar-refractivity contribution is -0.140. The number of carbonyl (C=O) groups is 1. The van der Waals surface area contributed by atoms with E-state index in [1.807, 2.05) is 0 Å². The zero-order valence-electron chi connectivity index (χ0n) is 12.5. The molecule has 1 amide bonds. The molecule has 0 radical (unpaired) electrons. The first kappa shape index (κ1) is 13.6. The van der Waals surface area contributed by atoms with Gasteiger partial charge in [0.15, 0.2) is 0 Å². The minimum Gasteiger partial charge on any atom is -0.335 e. The Hall–Kier alpha value is -1.35. The van der Waals surface area contributed by atoms with E-state index in [0.29, 0.717) is 24.3 Å². The molecule has 3 nitrogen and oxygen atoms in total. The molecule has 2 fully saturated rings. The Labute approximate surface area is 121 Å². The fourth-order valence-corrected chi connectivity index (χ4v) is 3.61. The van der Waals surface area contributed by atoms with Crippen LogP contribution < -0.4 is 5.32 Å². The average molecular weight is 272 g/mol. The monoisotopic (exact) mass is 272 g/mol. The van der Waals surface area contributed by atoms with Gasteiger partial charge >= 0.3 is 0 Å². The minimum atomic E-state index is 0.342. The Kier molecular flexibility index (Phi) is 3.79. The fraction of sp³-hybridized carbons (Fsp3) is 0.588. The van der Waals surface area contributed by atoms with E-state index >= 15 is 0 Å². The lowest BCUT2D eigenvalue weighted by Crippen LogP contribution is -2.54. The van der Waals surface area contributed by atoms with Crippen molar-refractivity contribution in [3.05, 3.63) is 34.9 Å². The topological polar surface area (TPSA) is 32.3 Å². The molecule has 2 atom stereocenters. The van der Waals surface area contributed by atoms with Gasteiger partial charge in [-0.3, -0.25) is 4.79 Å². The molecular formula is C17H24N2O. The maximum atomic E-state index is 12.4. The molecule has 1 N–H and O–H groups in total. The van der Waals surface area contributed by atoms with Gasteiger partial charge in [-0.1, -0.05) is 23.8 Å². The molecule has 0 saturated carbocycles. The summed E-state index contributed by atoms with van der Waals surface area (Å²) >= 11 is 0. The molecule has 108 valence electrons. The molecule has 0 aromatic heterocycles. The molecule has 3 heteroatoms. The zero-order valence-corrected chi connectivity index (χ0v) is 12.5. The maximum Gasteiger partial charge on any atom is 0.223 e. The molecule has 0 bridgehead atoms. The predicted molar refractivity (Wildman–Crippen MR) is 80.5 cm³/mol. The van der Waals surface area contributed by atoms with Crippen LogP contribution in [-0.4, -0.2) is 29.9 Å². The Morgan fingerprint density at radius 3 is 3.00 bits per heavy atom. The number of carbonyl (C=O) groups excluding carboxylic acids is 1. The van der Waals surface area contributed by atoms with Gasteiger partial charge < -0.3 is 10.2 Å². The van der Waals surface area contributed by atoms with Crippen LogP contribution in [0.1, 0.15) is 36.0 Å². The van der Waals surface area contributed by atoms with Crippen LogP contribution in [0.25, 0.3) is 0 Å². The molecule has 2 heterocycles. The van der Waals surface area contributed by atoms with Gasteiger partial charge in [0.05, 0.1) is 0 Å². The number of fused-ring (bicyclic) bond motifs is 1. The van der Waals surface area contributed by atoms with Gasteiger partial charge in [-0.25, -0.2) is 0 Å². The van der Waals surface area contributed by atoms with E-state index in [2.05, 4.69) is 42.3 Å². The summed E-state index contributed by atoms with van der Waals surface area (Å²) in [5, 5.41) is 3.47. The Balaban J connectivity index is 1.83. The number of piperidine rings is 2. The number of benzene rings is 1. The van der Waals surface area contributed by atoms with Gasteiger partial charge in [-0.15, -0.1) is 0 Å². The Morgan fingerprint density at radius 1 is 1.30 bits per heavy atom. The van der Waals surface area contributed by atoms with Crippen molar-refractivity contribution in [3.8, 4) is 0 Å². The fourth-order valence-electron chi connectivity index (χ4n) is 3.61. The molecular weight excluding hydrogens is 248 g/mol. The number of likely N-dealkylation sites (tertiary alicyclic amines) is 1. The summed E-state index contributed by atoms with van der Waals surface area (Å²) in [5.41, 5.74) is 3.87. The van der Waals surface area contributed by atoms with E-state index in [1.165, 1.54) is 16.7 Å². The highest BCUT2D eigenvalue weighted by atomic mass is 16.2. The number of amides is 1. The highest BCUT2D eigenvalue weighted by Gasteiger charge is 2.36. The summed E-state index contributed by atoms with van der Waals surface area (Å²) in [7, 11) is 0. The van der Waals surface area contributed by atoms with Crippen LogP contribution in [0.5, 0.6) is 0 Å². The van der Waals surface area contributed by atoms with Crippen molar-refractivity contribution in [2.24, 2.45) is 5.92 Å². The van der Waals surface area contributed by atoms with E-state index in [-0.39, 0.29) is 0 Å². The maximum absolute atomic E-state index is 12.4. The molecule has 2 aliphatic rings. The lowest BCUT2D eigenvalue weighted by atomic mass is 9.84. The third-order valence-corrected chi connectivity index (χ3v) is 4.86. The van der Waals surface area contributed by atoms with Gasteiger partial charge in [0, 0.05) is 19.0 Å². The van der Waals surface area contributed by atoms with Gasteiger partial charge in [0.2, 0.25) is 5.91 Å². The molecule has 0 spiro atoms. The second-order valence-corrected chi connectivity index (χ2v) is 6.31. The summed E-state index contributed by atoms with van der Waals surface area (Å²) in [6, 6.07) is 6.98. The van der Waals surface area contributed by atoms with E-state index in [9.17, 15) is 4.79 Å². The molecule has 2 saturated heterocycles. The van der Waals surface area contributed by atoms with Crippen molar-refractivity contribution in [2.45, 2.75) is 45.7 Å². The minimum absolute atomic E-state index is 0.342. The van der Waals surface area contributed by atoms with Crippen molar-refractivity contribution >= 4 is 5.91 Å². The number of nitrogens with one attached hydrogen (secondary N) is 1. The third-order valence-electron chi connectivity index (χ3n) is 4.86. The quantitative estimate of drug-likeness (QED) is 0.896. The summed E-state index contributed by atoms with van der Waals surface area (Å²) < 4.78 is 0. The number of rotatable bonds is 2. The highest BCUT2D eigenvalue weighted by molar-refractivity contribution is 5.77. The first-order valence-electron chi connectivity index (χ1n) is 7.71. The van der Waals surface area contributed by atoms with Crippen LogP contribution in [0.2, 0.25) is 0 Å². The highest BCUT2D eigenvalue weighted by Crippen LogP contribution is 2.30. The molecule has 20 heavy (non-hydrogen) atoms. The van der Waals surface area contributed by atoms with Crippen LogP contribution in [-0.2, 0) is 11.3 Å². The summed E-state index contributed by atoms with van der Waals surface area (Å²) in [6.07, 6.45) is 2.87. The lowest BCUT2D eigenvalue weighted by Gasteiger charge is -2.44. The van der Waals surface area contributed by atoms with Gasteiger partial charge in [-0.05, 0) is 56.8 Å². The Bertz CT molecular complexity index is 512. The van der Waals surface area contributed by atoms with Crippen LogP contribution in [0.4, 0.5) is 0 Å². The third kappa shape index (κ3) is 2.59. The van der Waals surface area contributed by atoms with E-state index in [1.54, 1.807) is 0 Å². The summed E-state index contributed by atoms with van der Waals surface area (Å²) in [6.45, 7) is 7.16. The van der Waals surface area contributed by atoms with E-state index in [0.717, 1.165) is 32.5 Å². The van der Waals surface area contributed by atoms with Crippen molar-refractivity contribution in [1.82, 2.24) is 10.2 Å². The number of aryl methyl sites for hydroxylation is 2. The largest absolute Gasteiger partial charge is 0.335 e. The SMILES string of the molecule is Cc1ccc(C)c(CN2C(=O)CCC3CNCCC32)c1. The van der Waals surface area contributed by atoms with E-state index in [4.69, 9.17) is 0 Å². The molecule has 3 rings (SSSR count). The second kappa shape index (κ2) is 5.57. The molecule has 1 aromatic rings. The second-order valence-electron chi connectivity index (χ2n) is 6.31. The van der Waals surface area contributed by atoms with Gasteiger partial charge in [0.25, 0.3) is 0 Å². The molecule has 0 aliphatic carbocycles. The number of hydrogen-bond acceptors (Lipinski definition) is 2. The van der Waals surface area contributed by atoms with Gasteiger partial charge in [0.1, 0.15) is 0 Å². The summed E-state index contributed by atoms with van der Waals surface area (Å²) in [4.78, 5) is 14.5. The number of hydrogen-bond donors (Lipinski definition) is 1. The van der Waals surface area contributed by atoms with Crippen molar-refractivity contribution in [3.63, 3.8) is 0 Å². The van der Waals surface area contributed by atoms with Crippen molar-refractivity contribution < 1.29 is 4.79 Å². The van der Waals surface area contributed by atoms with Crippen LogP contribution in [0.15, 0.2) is 18.2 Å². The summed E-state index contributed by atoms with van der Waals surface area (Å²) in [5.74, 6) is 0.987. The predicted octanol–water partition coefficient (Wildman–Crippen LogP) is 2.40. The van der Waals surface area contributed by atoms with Crippen molar-refractivity contribution in [1.29, 1.82) is 0 Å². The van der Waals surface area contributed by atoms with Crippen molar-refractivity contribution in [2.75, 3.05) is 13.1 Å². The Morgan fingerprint density at radius 2 is 2.15 bits per heavy atom.